The van der Waals surface area contributed by atoms with E-state index >= 15 is 0 Å². The van der Waals surface area contributed by atoms with E-state index in [9.17, 15) is 4.79 Å². The number of carbonyl (C=O) groups excluding carboxylic acids is 1. The van der Waals surface area contributed by atoms with Crippen molar-refractivity contribution in [3.05, 3.63) is 28.3 Å². The summed E-state index contributed by atoms with van der Waals surface area (Å²) >= 11 is 5.92. The van der Waals surface area contributed by atoms with Crippen LogP contribution in [0.5, 0.6) is 5.75 Å². The van der Waals surface area contributed by atoms with Crippen molar-refractivity contribution in [2.24, 2.45) is 0 Å². The van der Waals surface area contributed by atoms with Gasteiger partial charge in [-0.05, 0) is 38.5 Å². The number of rotatable bonds is 3. The van der Waals surface area contributed by atoms with Gasteiger partial charge in [-0.25, -0.2) is 0 Å². The summed E-state index contributed by atoms with van der Waals surface area (Å²) in [6.07, 6.45) is 0. The van der Waals surface area contributed by atoms with Crippen LogP contribution >= 0.6 is 11.6 Å². The summed E-state index contributed by atoms with van der Waals surface area (Å²) in [5.74, 6) is 0.593. The molecule has 0 saturated heterocycles. The fourth-order valence-electron chi connectivity index (χ4n) is 1.37. The maximum atomic E-state index is 11.4. The molecule has 14 heavy (non-hydrogen) atoms. The second-order valence-corrected chi connectivity index (χ2v) is 3.44. The maximum absolute atomic E-state index is 11.4. The quantitative estimate of drug-likeness (QED) is 0.719. The molecule has 1 aromatic carbocycles. The smallest absolute Gasteiger partial charge is 0.163 e. The Kier molecular flexibility index (Phi) is 3.53. The molecule has 0 heterocycles. The van der Waals surface area contributed by atoms with E-state index in [1.165, 1.54) is 6.92 Å². The van der Waals surface area contributed by atoms with Crippen molar-refractivity contribution in [3.63, 3.8) is 0 Å². The van der Waals surface area contributed by atoms with Crippen LogP contribution in [0.4, 0.5) is 0 Å². The highest BCUT2D eigenvalue weighted by atomic mass is 35.5. The lowest BCUT2D eigenvalue weighted by atomic mass is 10.0. The van der Waals surface area contributed by atoms with Crippen molar-refractivity contribution in [2.45, 2.75) is 20.8 Å². The number of benzene rings is 1. The van der Waals surface area contributed by atoms with E-state index in [0.717, 1.165) is 5.56 Å². The molecule has 3 heteroatoms. The third-order valence-electron chi connectivity index (χ3n) is 2.01. The van der Waals surface area contributed by atoms with Gasteiger partial charge >= 0.3 is 0 Å². The fourth-order valence-corrected chi connectivity index (χ4v) is 1.53. The Morgan fingerprint density at radius 2 is 2.14 bits per heavy atom. The average molecular weight is 213 g/mol. The molecule has 0 spiro atoms. The van der Waals surface area contributed by atoms with Gasteiger partial charge in [-0.15, -0.1) is 0 Å². The van der Waals surface area contributed by atoms with E-state index in [0.29, 0.717) is 22.9 Å². The van der Waals surface area contributed by atoms with Gasteiger partial charge in [0.2, 0.25) is 0 Å². The first-order chi connectivity index (χ1) is 6.57. The number of hydrogen-bond donors (Lipinski definition) is 0. The third-order valence-corrected chi connectivity index (χ3v) is 2.42. The van der Waals surface area contributed by atoms with Crippen molar-refractivity contribution in [3.8, 4) is 5.75 Å². The molecule has 0 saturated carbocycles. The number of halogens is 1. The zero-order valence-electron chi connectivity index (χ0n) is 8.56. The molecule has 0 unspecified atom stereocenters. The van der Waals surface area contributed by atoms with Crippen LogP contribution < -0.4 is 4.74 Å². The number of carbonyl (C=O) groups is 1. The Hall–Kier alpha value is -1.02. The summed E-state index contributed by atoms with van der Waals surface area (Å²) in [5, 5.41) is 0.596. The van der Waals surface area contributed by atoms with E-state index in [-0.39, 0.29) is 5.78 Å². The van der Waals surface area contributed by atoms with Crippen molar-refractivity contribution in [1.29, 1.82) is 0 Å². The average Bonchev–Trinajstić information content (AvgIpc) is 2.11. The second-order valence-electron chi connectivity index (χ2n) is 3.03. The van der Waals surface area contributed by atoms with Gasteiger partial charge in [-0.2, -0.15) is 0 Å². The van der Waals surface area contributed by atoms with Crippen LogP contribution in [0.1, 0.15) is 29.8 Å². The van der Waals surface area contributed by atoms with E-state index in [1.54, 1.807) is 12.1 Å². The van der Waals surface area contributed by atoms with Gasteiger partial charge in [0.25, 0.3) is 0 Å². The minimum atomic E-state index is -0.0200. The van der Waals surface area contributed by atoms with Gasteiger partial charge in [0.05, 0.1) is 12.2 Å². The predicted octanol–water partition coefficient (Wildman–Crippen LogP) is 3.25. The fraction of sp³-hybridized carbons (Fsp3) is 0.364. The van der Waals surface area contributed by atoms with Crippen LogP contribution in [0.25, 0.3) is 0 Å². The van der Waals surface area contributed by atoms with Gasteiger partial charge in [0, 0.05) is 5.02 Å². The summed E-state index contributed by atoms with van der Waals surface area (Å²) in [4.78, 5) is 11.4. The molecule has 0 aliphatic rings. The molecule has 0 atom stereocenters. The molecule has 2 nitrogen and oxygen atoms in total. The molecule has 0 aliphatic heterocycles. The van der Waals surface area contributed by atoms with E-state index < -0.39 is 0 Å². The molecule has 0 amide bonds. The van der Waals surface area contributed by atoms with E-state index in [2.05, 4.69) is 0 Å². The summed E-state index contributed by atoms with van der Waals surface area (Å²) in [6, 6.07) is 3.48. The van der Waals surface area contributed by atoms with Crippen LogP contribution in [-0.4, -0.2) is 12.4 Å². The lowest BCUT2D eigenvalue weighted by Gasteiger charge is -2.11. The van der Waals surface area contributed by atoms with Crippen LogP contribution in [-0.2, 0) is 0 Å². The SMILES string of the molecule is CCOc1ccc(Cl)c(C)c1C(C)=O. The number of ether oxygens (including phenoxy) is 1. The van der Waals surface area contributed by atoms with E-state index in [1.807, 2.05) is 13.8 Å². The number of ketones is 1. The van der Waals surface area contributed by atoms with Crippen LogP contribution in [0.3, 0.4) is 0 Å². The molecule has 0 aromatic heterocycles. The Balaban J connectivity index is 3.30. The monoisotopic (exact) mass is 212 g/mol. The number of Topliss-reactive ketones (excluding diaryl/α,β-unsaturated/α-hetero) is 1. The Labute approximate surface area is 88.8 Å². The van der Waals surface area contributed by atoms with Gasteiger partial charge in [0.1, 0.15) is 5.75 Å². The molecule has 0 fully saturated rings. The largest absolute Gasteiger partial charge is 0.493 e. The summed E-state index contributed by atoms with van der Waals surface area (Å²) in [5.41, 5.74) is 1.37. The minimum Gasteiger partial charge on any atom is -0.493 e. The molecule has 1 rings (SSSR count). The van der Waals surface area contributed by atoms with Crippen LogP contribution in [0.15, 0.2) is 12.1 Å². The van der Waals surface area contributed by atoms with Gasteiger partial charge < -0.3 is 4.74 Å². The zero-order chi connectivity index (χ0) is 10.7. The van der Waals surface area contributed by atoms with Crippen molar-refractivity contribution in [2.75, 3.05) is 6.61 Å². The number of hydrogen-bond acceptors (Lipinski definition) is 2. The van der Waals surface area contributed by atoms with Crippen LogP contribution in [0.2, 0.25) is 5.02 Å². The second kappa shape index (κ2) is 4.47. The van der Waals surface area contributed by atoms with E-state index in [4.69, 9.17) is 16.3 Å². The molecule has 76 valence electrons. The first-order valence-electron chi connectivity index (χ1n) is 4.50. The highest BCUT2D eigenvalue weighted by Crippen LogP contribution is 2.28. The summed E-state index contributed by atoms with van der Waals surface area (Å²) in [6.45, 7) is 5.76. The molecule has 1 aromatic rings. The standard InChI is InChI=1S/C11H13ClO2/c1-4-14-10-6-5-9(12)7(2)11(10)8(3)13/h5-6H,4H2,1-3H3. The first kappa shape index (κ1) is 11.1. The predicted molar refractivity (Wildman–Crippen MR) is 57.4 cm³/mol. The highest BCUT2D eigenvalue weighted by molar-refractivity contribution is 6.32. The van der Waals surface area contributed by atoms with Crippen LogP contribution in [0, 0.1) is 6.92 Å². The minimum absolute atomic E-state index is 0.0200. The molecular formula is C11H13ClO2. The molecule has 0 radical (unpaired) electrons. The Morgan fingerprint density at radius 1 is 1.50 bits per heavy atom. The Bertz CT molecular complexity index is 359. The molecule has 0 N–H and O–H groups in total. The maximum Gasteiger partial charge on any atom is 0.163 e. The topological polar surface area (TPSA) is 26.3 Å². The van der Waals surface area contributed by atoms with Crippen molar-refractivity contribution >= 4 is 17.4 Å². The normalized spacial score (nSPS) is 10.0. The third kappa shape index (κ3) is 2.07. The highest BCUT2D eigenvalue weighted by Gasteiger charge is 2.13. The lowest BCUT2D eigenvalue weighted by Crippen LogP contribution is -2.03. The van der Waals surface area contributed by atoms with Crippen molar-refractivity contribution in [1.82, 2.24) is 0 Å². The van der Waals surface area contributed by atoms with Gasteiger partial charge in [-0.1, -0.05) is 11.6 Å². The first-order valence-corrected chi connectivity index (χ1v) is 4.88. The summed E-state index contributed by atoms with van der Waals surface area (Å²) < 4.78 is 5.35. The summed E-state index contributed by atoms with van der Waals surface area (Å²) in [7, 11) is 0. The van der Waals surface area contributed by atoms with Crippen molar-refractivity contribution < 1.29 is 9.53 Å². The lowest BCUT2D eigenvalue weighted by molar-refractivity contribution is 0.101. The zero-order valence-corrected chi connectivity index (χ0v) is 9.31. The van der Waals surface area contributed by atoms with Gasteiger partial charge in [-0.3, -0.25) is 4.79 Å². The Morgan fingerprint density at radius 3 is 2.64 bits per heavy atom. The molecule has 0 bridgehead atoms. The van der Waals surface area contributed by atoms with Gasteiger partial charge in [0.15, 0.2) is 5.78 Å². The molecule has 0 aliphatic carbocycles. The molecular weight excluding hydrogens is 200 g/mol.